The summed E-state index contributed by atoms with van der Waals surface area (Å²) in [6, 6.07) is 0. The number of halogens is 3. The van der Waals surface area contributed by atoms with E-state index in [0.29, 0.717) is 11.4 Å². The number of carbonyl (C=O) groups excluding carboxylic acids is 1. The number of hydrogen-bond acceptors (Lipinski definition) is 7. The third-order valence-electron chi connectivity index (χ3n) is 2.81. The van der Waals surface area contributed by atoms with Crippen molar-refractivity contribution in [2.75, 3.05) is 11.5 Å². The lowest BCUT2D eigenvalue weighted by molar-refractivity contribution is -0.192. The molecule has 25 heavy (non-hydrogen) atoms. The molecule has 1 aliphatic rings. The molecule has 2 aromatic heterocycles. The third kappa shape index (κ3) is 4.59. The molecule has 1 aliphatic heterocycles. The van der Waals surface area contributed by atoms with Gasteiger partial charge in [-0.3, -0.25) is 9.89 Å². The number of amides is 1. The highest BCUT2D eigenvalue weighted by molar-refractivity contribution is 7.99. The minimum Gasteiger partial charge on any atom is -0.475 e. The number of rotatable bonds is 2. The number of nitrogens with one attached hydrogen (secondary N) is 1. The Bertz CT molecular complexity index is 864. The van der Waals surface area contributed by atoms with Gasteiger partial charge in [-0.1, -0.05) is 0 Å². The van der Waals surface area contributed by atoms with E-state index in [0.717, 1.165) is 21.7 Å². The maximum Gasteiger partial charge on any atom is 0.490 e. The molecule has 0 bridgehead atoms. The molecular weight excluding hydrogens is 365 g/mol. The van der Waals surface area contributed by atoms with Crippen LogP contribution in [0, 0.1) is 0 Å². The monoisotopic (exact) mass is 376 g/mol. The SMILES string of the molecule is NC(=O)CC1=Cc2[nH]nc3nc(N)nc(c23)SC1.O=C(O)C(F)(F)F. The summed E-state index contributed by atoms with van der Waals surface area (Å²) in [5.74, 6) is -2.26. The zero-order chi connectivity index (χ0) is 18.8. The molecule has 0 atom stereocenters. The van der Waals surface area contributed by atoms with E-state index in [9.17, 15) is 18.0 Å². The van der Waals surface area contributed by atoms with Crippen LogP contribution < -0.4 is 11.5 Å². The first-order valence-electron chi connectivity index (χ1n) is 6.50. The average Bonchev–Trinajstić information content (AvgIpc) is 2.77. The Morgan fingerprint density at radius 3 is 2.56 bits per heavy atom. The summed E-state index contributed by atoms with van der Waals surface area (Å²) in [4.78, 5) is 28.1. The first kappa shape index (κ1) is 18.5. The van der Waals surface area contributed by atoms with Crippen LogP contribution in [0.3, 0.4) is 0 Å². The maximum absolute atomic E-state index is 11.0. The number of aliphatic carboxylic acids is 1. The van der Waals surface area contributed by atoms with Gasteiger partial charge in [-0.2, -0.15) is 23.3 Å². The fourth-order valence-electron chi connectivity index (χ4n) is 1.87. The lowest BCUT2D eigenvalue weighted by Crippen LogP contribution is -2.21. The minimum atomic E-state index is -5.08. The topological polar surface area (TPSA) is 161 Å². The molecule has 0 saturated heterocycles. The number of nitrogen functional groups attached to an aromatic ring is 1. The van der Waals surface area contributed by atoms with Crippen LogP contribution in [0.4, 0.5) is 19.1 Å². The Morgan fingerprint density at radius 2 is 2.00 bits per heavy atom. The number of anilines is 1. The van der Waals surface area contributed by atoms with Gasteiger partial charge < -0.3 is 16.6 Å². The van der Waals surface area contributed by atoms with E-state index in [1.54, 1.807) is 0 Å². The van der Waals surface area contributed by atoms with Crippen LogP contribution in [0.25, 0.3) is 17.1 Å². The second-order valence-electron chi connectivity index (χ2n) is 4.76. The van der Waals surface area contributed by atoms with E-state index in [2.05, 4.69) is 20.2 Å². The Morgan fingerprint density at radius 1 is 1.36 bits per heavy atom. The Balaban J connectivity index is 0.000000277. The van der Waals surface area contributed by atoms with Crippen LogP contribution in [-0.2, 0) is 9.59 Å². The highest BCUT2D eigenvalue weighted by atomic mass is 32.2. The second-order valence-corrected chi connectivity index (χ2v) is 5.72. The number of alkyl halides is 3. The summed E-state index contributed by atoms with van der Waals surface area (Å²) in [5, 5.41) is 15.7. The largest absolute Gasteiger partial charge is 0.490 e. The summed E-state index contributed by atoms with van der Waals surface area (Å²) in [6.07, 6.45) is -2.98. The van der Waals surface area contributed by atoms with Crippen molar-refractivity contribution in [3.05, 3.63) is 11.3 Å². The lowest BCUT2D eigenvalue weighted by Gasteiger charge is -2.02. The van der Waals surface area contributed by atoms with Gasteiger partial charge in [0, 0.05) is 12.2 Å². The molecular formula is C12H11F3N6O3S. The zero-order valence-electron chi connectivity index (χ0n) is 12.3. The summed E-state index contributed by atoms with van der Waals surface area (Å²) < 4.78 is 31.7. The quantitative estimate of drug-likeness (QED) is 0.563. The number of nitrogens with zero attached hydrogens (tertiary/aromatic N) is 3. The van der Waals surface area contributed by atoms with Gasteiger partial charge in [-0.05, 0) is 11.6 Å². The van der Waals surface area contributed by atoms with E-state index in [4.69, 9.17) is 21.4 Å². The molecule has 0 radical (unpaired) electrons. The van der Waals surface area contributed by atoms with Crippen LogP contribution >= 0.6 is 11.8 Å². The number of H-pyrrole nitrogens is 1. The van der Waals surface area contributed by atoms with Crippen molar-refractivity contribution in [1.29, 1.82) is 0 Å². The number of primary amides is 1. The van der Waals surface area contributed by atoms with E-state index in [-0.39, 0.29) is 18.3 Å². The lowest BCUT2D eigenvalue weighted by atomic mass is 10.1. The number of aromatic nitrogens is 4. The molecule has 6 N–H and O–H groups in total. The van der Waals surface area contributed by atoms with Crippen LogP contribution in [0.2, 0.25) is 0 Å². The highest BCUT2D eigenvalue weighted by Crippen LogP contribution is 2.33. The Labute approximate surface area is 141 Å². The van der Waals surface area contributed by atoms with Crippen LogP contribution in [-0.4, -0.2) is 49.1 Å². The standard InChI is InChI=1S/C10H10N6OS.C2HF3O2/c11-6(17)2-4-1-5-7-8(16-15-5)13-10(12)14-9(7)18-3-4;3-2(4,5)1(6)7/h1H,2-3H2,(H2,11,17)(H3,12,13,14,15,16);(H,6,7). The number of carbonyl (C=O) groups is 2. The first-order valence-corrected chi connectivity index (χ1v) is 7.48. The molecule has 2 aromatic rings. The average molecular weight is 376 g/mol. The fraction of sp³-hybridized carbons (Fsp3) is 0.250. The molecule has 0 spiro atoms. The molecule has 0 aromatic carbocycles. The van der Waals surface area contributed by atoms with Crippen molar-refractivity contribution in [3.8, 4) is 0 Å². The normalized spacial score (nSPS) is 13.5. The van der Waals surface area contributed by atoms with Crippen LogP contribution in [0.1, 0.15) is 12.1 Å². The summed E-state index contributed by atoms with van der Waals surface area (Å²) in [7, 11) is 0. The van der Waals surface area contributed by atoms with Crippen LogP contribution in [0.15, 0.2) is 10.6 Å². The smallest absolute Gasteiger partial charge is 0.475 e. The van der Waals surface area contributed by atoms with E-state index >= 15 is 0 Å². The van der Waals surface area contributed by atoms with Crippen molar-refractivity contribution in [2.45, 2.75) is 17.6 Å². The molecule has 1 amide bonds. The molecule has 3 heterocycles. The van der Waals surface area contributed by atoms with Crippen molar-refractivity contribution in [2.24, 2.45) is 5.73 Å². The number of hydrogen-bond donors (Lipinski definition) is 4. The molecule has 0 fully saturated rings. The minimum absolute atomic E-state index is 0.196. The van der Waals surface area contributed by atoms with E-state index in [1.165, 1.54) is 11.8 Å². The zero-order valence-corrected chi connectivity index (χ0v) is 13.1. The third-order valence-corrected chi connectivity index (χ3v) is 3.90. The molecule has 134 valence electrons. The van der Waals surface area contributed by atoms with Gasteiger partial charge in [0.1, 0.15) is 5.03 Å². The second kappa shape index (κ2) is 6.96. The van der Waals surface area contributed by atoms with Gasteiger partial charge >= 0.3 is 12.1 Å². The number of nitrogens with two attached hydrogens (primary N) is 2. The van der Waals surface area contributed by atoms with Gasteiger partial charge in [0.15, 0.2) is 5.65 Å². The van der Waals surface area contributed by atoms with Gasteiger partial charge in [-0.25, -0.2) is 9.78 Å². The molecule has 0 unspecified atom stereocenters. The molecule has 13 heteroatoms. The van der Waals surface area contributed by atoms with Crippen LogP contribution in [0.5, 0.6) is 0 Å². The number of aromatic amines is 1. The van der Waals surface area contributed by atoms with E-state index in [1.807, 2.05) is 6.08 Å². The fourth-order valence-corrected chi connectivity index (χ4v) is 2.88. The highest BCUT2D eigenvalue weighted by Gasteiger charge is 2.38. The van der Waals surface area contributed by atoms with Crippen molar-refractivity contribution in [3.63, 3.8) is 0 Å². The molecule has 0 aliphatic carbocycles. The summed E-state index contributed by atoms with van der Waals surface area (Å²) in [5.41, 5.74) is 13.1. The van der Waals surface area contributed by atoms with Gasteiger partial charge in [0.25, 0.3) is 0 Å². The van der Waals surface area contributed by atoms with Gasteiger partial charge in [0.2, 0.25) is 11.9 Å². The maximum atomic E-state index is 11.0. The van der Waals surface area contributed by atoms with E-state index < -0.39 is 12.1 Å². The van der Waals surface area contributed by atoms with Gasteiger partial charge in [0.05, 0.1) is 11.1 Å². The first-order chi connectivity index (χ1) is 11.6. The number of carboxylic acids is 1. The van der Waals surface area contributed by atoms with Crippen molar-refractivity contribution < 1.29 is 27.9 Å². The Kier molecular flexibility index (Phi) is 5.15. The number of carboxylic acid groups (broad SMARTS) is 1. The van der Waals surface area contributed by atoms with Gasteiger partial charge in [-0.15, -0.1) is 11.8 Å². The predicted octanol–water partition coefficient (Wildman–Crippen LogP) is 0.933. The Hall–Kier alpha value is -2.83. The summed E-state index contributed by atoms with van der Waals surface area (Å²) in [6.45, 7) is 0. The van der Waals surface area contributed by atoms with Crippen molar-refractivity contribution >= 4 is 46.7 Å². The number of thioether (sulfide) groups is 1. The molecule has 3 rings (SSSR count). The molecule has 0 saturated carbocycles. The predicted molar refractivity (Wildman–Crippen MR) is 82.3 cm³/mol. The summed E-state index contributed by atoms with van der Waals surface area (Å²) >= 11 is 1.50. The molecule has 9 nitrogen and oxygen atoms in total. The van der Waals surface area contributed by atoms with Crippen molar-refractivity contribution in [1.82, 2.24) is 20.2 Å².